The Hall–Kier alpha value is -3.21. The van der Waals surface area contributed by atoms with Crippen LogP contribution in [-0.4, -0.2) is 44.1 Å². The monoisotopic (exact) mass is 362 g/mol. The molecule has 2 heterocycles. The van der Waals surface area contributed by atoms with Crippen LogP contribution in [0.2, 0.25) is 0 Å². The van der Waals surface area contributed by atoms with Gasteiger partial charge in [-0.25, -0.2) is 0 Å². The van der Waals surface area contributed by atoms with Gasteiger partial charge in [-0.3, -0.25) is 4.79 Å². The summed E-state index contributed by atoms with van der Waals surface area (Å²) in [6, 6.07) is 17.8. The minimum absolute atomic E-state index is 0.0146. The van der Waals surface area contributed by atoms with Crippen LogP contribution in [0.4, 0.5) is 5.69 Å². The van der Waals surface area contributed by atoms with Crippen LogP contribution >= 0.6 is 0 Å². The molecule has 5 nitrogen and oxygen atoms in total. The summed E-state index contributed by atoms with van der Waals surface area (Å²) in [5, 5.41) is 1.04. The van der Waals surface area contributed by atoms with Gasteiger partial charge in [-0.2, -0.15) is 0 Å². The van der Waals surface area contributed by atoms with Crippen molar-refractivity contribution in [2.45, 2.75) is 0 Å². The summed E-state index contributed by atoms with van der Waals surface area (Å²) in [6.45, 7) is 3.00. The van der Waals surface area contributed by atoms with Crippen molar-refractivity contribution >= 4 is 28.6 Å². The Bertz CT molecular complexity index is 935. The van der Waals surface area contributed by atoms with E-state index in [4.69, 9.17) is 9.15 Å². The van der Waals surface area contributed by atoms with Crippen LogP contribution in [-0.2, 0) is 4.79 Å². The van der Waals surface area contributed by atoms with Crippen molar-refractivity contribution in [3.05, 3.63) is 66.4 Å². The van der Waals surface area contributed by atoms with Gasteiger partial charge in [0.1, 0.15) is 17.1 Å². The Morgan fingerprint density at radius 3 is 2.63 bits per heavy atom. The van der Waals surface area contributed by atoms with Crippen molar-refractivity contribution in [2.75, 3.05) is 38.2 Å². The molecule has 27 heavy (non-hydrogen) atoms. The third kappa shape index (κ3) is 3.82. The van der Waals surface area contributed by atoms with Gasteiger partial charge in [-0.1, -0.05) is 24.3 Å². The Labute approximate surface area is 158 Å². The Kier molecular flexibility index (Phi) is 4.83. The molecule has 0 aliphatic carbocycles. The van der Waals surface area contributed by atoms with Gasteiger partial charge in [-0.05, 0) is 30.3 Å². The number of carbonyl (C=O) groups excluding carboxylic acids is 1. The van der Waals surface area contributed by atoms with Gasteiger partial charge in [-0.15, -0.1) is 0 Å². The fraction of sp³-hybridized carbons (Fsp3) is 0.227. The Morgan fingerprint density at radius 1 is 1.04 bits per heavy atom. The highest BCUT2D eigenvalue weighted by atomic mass is 16.5. The first-order valence-electron chi connectivity index (χ1n) is 9.07. The van der Waals surface area contributed by atoms with Gasteiger partial charge in [0.05, 0.1) is 7.11 Å². The zero-order valence-electron chi connectivity index (χ0n) is 15.3. The van der Waals surface area contributed by atoms with Crippen LogP contribution in [0.1, 0.15) is 5.76 Å². The van der Waals surface area contributed by atoms with Crippen LogP contribution in [0, 0.1) is 0 Å². The number of amides is 1. The molecule has 0 bridgehead atoms. The molecule has 0 spiro atoms. The number of hydrogen-bond donors (Lipinski definition) is 0. The minimum atomic E-state index is 0.0146. The van der Waals surface area contributed by atoms with Gasteiger partial charge in [0.15, 0.2) is 0 Å². The van der Waals surface area contributed by atoms with E-state index >= 15 is 0 Å². The van der Waals surface area contributed by atoms with E-state index in [1.807, 2.05) is 53.4 Å². The van der Waals surface area contributed by atoms with E-state index in [9.17, 15) is 4.79 Å². The highest BCUT2D eigenvalue weighted by molar-refractivity contribution is 5.92. The van der Waals surface area contributed by atoms with Crippen molar-refractivity contribution in [1.82, 2.24) is 4.90 Å². The summed E-state index contributed by atoms with van der Waals surface area (Å²) in [7, 11) is 1.67. The predicted octanol–water partition coefficient (Wildman–Crippen LogP) is 3.80. The zero-order chi connectivity index (χ0) is 18.6. The zero-order valence-corrected chi connectivity index (χ0v) is 15.3. The van der Waals surface area contributed by atoms with Crippen LogP contribution in [0.25, 0.3) is 17.0 Å². The lowest BCUT2D eigenvalue weighted by atomic mass is 10.2. The maximum Gasteiger partial charge on any atom is 0.246 e. The summed E-state index contributed by atoms with van der Waals surface area (Å²) in [5.74, 6) is 1.56. The third-order valence-corrected chi connectivity index (χ3v) is 4.84. The average Bonchev–Trinajstić information content (AvgIpc) is 3.15. The molecule has 0 radical (unpaired) electrons. The first-order chi connectivity index (χ1) is 13.2. The van der Waals surface area contributed by atoms with E-state index in [1.165, 1.54) is 0 Å². The number of ether oxygens (including phenoxy) is 1. The number of anilines is 1. The van der Waals surface area contributed by atoms with Gasteiger partial charge in [0.2, 0.25) is 5.91 Å². The van der Waals surface area contributed by atoms with Crippen molar-refractivity contribution in [2.24, 2.45) is 0 Å². The molecule has 1 saturated heterocycles. The van der Waals surface area contributed by atoms with E-state index in [0.717, 1.165) is 35.5 Å². The number of methoxy groups -OCH3 is 1. The molecule has 1 aromatic heterocycles. The number of furan rings is 1. The number of para-hydroxylation sites is 1. The fourth-order valence-corrected chi connectivity index (χ4v) is 3.34. The lowest BCUT2D eigenvalue weighted by molar-refractivity contribution is -0.126. The molecule has 0 N–H and O–H groups in total. The van der Waals surface area contributed by atoms with E-state index in [-0.39, 0.29) is 5.91 Å². The second-order valence-corrected chi connectivity index (χ2v) is 6.53. The molecule has 138 valence electrons. The molecule has 5 heteroatoms. The van der Waals surface area contributed by atoms with Crippen LogP contribution < -0.4 is 9.64 Å². The number of piperazine rings is 1. The minimum Gasteiger partial charge on any atom is -0.497 e. The predicted molar refractivity (Wildman–Crippen MR) is 107 cm³/mol. The lowest BCUT2D eigenvalue weighted by Crippen LogP contribution is -2.48. The molecule has 0 saturated carbocycles. The summed E-state index contributed by atoms with van der Waals surface area (Å²) in [5.41, 5.74) is 1.95. The molecule has 2 aromatic carbocycles. The van der Waals surface area contributed by atoms with Gasteiger partial charge in [0, 0.05) is 49.4 Å². The second kappa shape index (κ2) is 7.58. The molecule has 1 aliphatic heterocycles. The first-order valence-corrected chi connectivity index (χ1v) is 9.07. The Morgan fingerprint density at radius 2 is 1.85 bits per heavy atom. The fourth-order valence-electron chi connectivity index (χ4n) is 3.34. The largest absolute Gasteiger partial charge is 0.497 e. The maximum absolute atomic E-state index is 12.5. The molecular weight excluding hydrogens is 340 g/mol. The van der Waals surface area contributed by atoms with Crippen LogP contribution in [0.15, 0.2) is 65.1 Å². The second-order valence-electron chi connectivity index (χ2n) is 6.53. The number of fused-ring (bicyclic) bond motifs is 1. The molecule has 0 atom stereocenters. The normalized spacial score (nSPS) is 14.9. The van der Waals surface area contributed by atoms with Crippen LogP contribution in [0.5, 0.6) is 5.75 Å². The van der Waals surface area contributed by atoms with Crippen molar-refractivity contribution in [3.8, 4) is 5.75 Å². The van der Waals surface area contributed by atoms with Crippen molar-refractivity contribution in [3.63, 3.8) is 0 Å². The number of hydrogen-bond acceptors (Lipinski definition) is 4. The highest BCUT2D eigenvalue weighted by Crippen LogP contribution is 2.22. The topological polar surface area (TPSA) is 45.9 Å². The van der Waals surface area contributed by atoms with E-state index < -0.39 is 0 Å². The molecule has 1 fully saturated rings. The van der Waals surface area contributed by atoms with E-state index in [1.54, 1.807) is 19.3 Å². The molecule has 3 aromatic rings. The standard InChI is InChI=1S/C22H22N2O3/c1-26-19-7-4-6-18(16-19)23-11-13-24(14-12-23)22(25)10-9-20-15-17-5-2-3-8-21(17)27-20/h2-10,15-16H,11-14H2,1H3/b10-9+. The third-order valence-electron chi connectivity index (χ3n) is 4.84. The number of nitrogens with zero attached hydrogens (tertiary/aromatic N) is 2. The van der Waals surface area contributed by atoms with Crippen LogP contribution in [0.3, 0.4) is 0 Å². The lowest BCUT2D eigenvalue weighted by Gasteiger charge is -2.35. The molecule has 4 rings (SSSR count). The van der Waals surface area contributed by atoms with E-state index in [2.05, 4.69) is 11.0 Å². The SMILES string of the molecule is COc1cccc(N2CCN(C(=O)/C=C/c3cc4ccccc4o3)CC2)c1. The Balaban J connectivity index is 1.36. The average molecular weight is 362 g/mol. The molecular formula is C22H22N2O3. The quantitative estimate of drug-likeness (QED) is 0.662. The van der Waals surface area contributed by atoms with E-state index in [0.29, 0.717) is 18.8 Å². The highest BCUT2D eigenvalue weighted by Gasteiger charge is 2.20. The first kappa shape index (κ1) is 17.2. The summed E-state index contributed by atoms with van der Waals surface area (Å²) >= 11 is 0. The smallest absolute Gasteiger partial charge is 0.246 e. The summed E-state index contributed by atoms with van der Waals surface area (Å²) < 4.78 is 11.0. The van der Waals surface area contributed by atoms with Gasteiger partial charge >= 0.3 is 0 Å². The number of rotatable bonds is 4. The number of carbonyl (C=O) groups is 1. The number of benzene rings is 2. The molecule has 0 unspecified atom stereocenters. The summed E-state index contributed by atoms with van der Waals surface area (Å²) in [6.07, 6.45) is 3.34. The van der Waals surface area contributed by atoms with Gasteiger partial charge in [0.25, 0.3) is 0 Å². The molecule has 1 aliphatic rings. The maximum atomic E-state index is 12.5. The van der Waals surface area contributed by atoms with Crippen molar-refractivity contribution in [1.29, 1.82) is 0 Å². The van der Waals surface area contributed by atoms with Gasteiger partial charge < -0.3 is 19.0 Å². The van der Waals surface area contributed by atoms with Crippen molar-refractivity contribution < 1.29 is 13.9 Å². The summed E-state index contributed by atoms with van der Waals surface area (Å²) in [4.78, 5) is 16.6. The molecule has 1 amide bonds.